The highest BCUT2D eigenvalue weighted by Gasteiger charge is 2.17. The van der Waals surface area contributed by atoms with Gasteiger partial charge in [0.15, 0.2) is 11.5 Å². The summed E-state index contributed by atoms with van der Waals surface area (Å²) in [6.07, 6.45) is 0.778. The second kappa shape index (κ2) is 10.3. The summed E-state index contributed by atoms with van der Waals surface area (Å²) in [4.78, 5) is 12.4. The molecule has 0 bridgehead atoms. The van der Waals surface area contributed by atoms with Gasteiger partial charge in [-0.2, -0.15) is 0 Å². The lowest BCUT2D eigenvalue weighted by atomic mass is 10.1. The lowest BCUT2D eigenvalue weighted by Gasteiger charge is -2.16. The maximum atomic E-state index is 12.4. The maximum absolute atomic E-state index is 12.4. The van der Waals surface area contributed by atoms with Gasteiger partial charge in [-0.05, 0) is 42.2 Å². The molecule has 0 N–H and O–H groups in total. The van der Waals surface area contributed by atoms with E-state index >= 15 is 0 Å². The zero-order valence-corrected chi connectivity index (χ0v) is 16.9. The van der Waals surface area contributed by atoms with Gasteiger partial charge < -0.3 is 14.2 Å². The van der Waals surface area contributed by atoms with E-state index in [1.54, 1.807) is 6.07 Å². The van der Waals surface area contributed by atoms with Crippen molar-refractivity contribution in [1.29, 1.82) is 0 Å². The molecule has 29 heavy (non-hydrogen) atoms. The summed E-state index contributed by atoms with van der Waals surface area (Å²) < 4.78 is 17.4. The largest absolute Gasteiger partial charge is 0.485 e. The maximum Gasteiger partial charge on any atom is 0.338 e. The van der Waals surface area contributed by atoms with Crippen molar-refractivity contribution < 1.29 is 19.0 Å². The number of benzene rings is 3. The van der Waals surface area contributed by atoms with Gasteiger partial charge in [-0.1, -0.05) is 67.6 Å². The Morgan fingerprint density at radius 2 is 1.31 bits per heavy atom. The molecule has 0 amide bonds. The molecule has 4 heteroatoms. The zero-order chi connectivity index (χ0) is 20.5. The van der Waals surface area contributed by atoms with E-state index in [-0.39, 0.29) is 5.97 Å². The van der Waals surface area contributed by atoms with Crippen molar-refractivity contribution in [2.24, 2.45) is 0 Å². The molecular formula is C25H26O4. The summed E-state index contributed by atoms with van der Waals surface area (Å²) in [5.41, 5.74) is 3.39. The number of aryl methyl sites for hydroxylation is 1. The second-order valence-electron chi connectivity index (χ2n) is 6.80. The van der Waals surface area contributed by atoms with Crippen molar-refractivity contribution >= 4 is 5.97 Å². The molecule has 0 spiro atoms. The van der Waals surface area contributed by atoms with Crippen LogP contribution in [0, 0.1) is 6.92 Å². The molecular weight excluding hydrogens is 364 g/mol. The van der Waals surface area contributed by atoms with Gasteiger partial charge in [0.25, 0.3) is 0 Å². The summed E-state index contributed by atoms with van der Waals surface area (Å²) in [6.45, 7) is 5.04. The van der Waals surface area contributed by atoms with Gasteiger partial charge >= 0.3 is 5.97 Å². The van der Waals surface area contributed by atoms with Crippen molar-refractivity contribution in [1.82, 2.24) is 0 Å². The molecule has 3 aromatic rings. The van der Waals surface area contributed by atoms with Crippen LogP contribution in [0.15, 0.2) is 72.8 Å². The molecule has 0 saturated carbocycles. The van der Waals surface area contributed by atoms with E-state index in [4.69, 9.17) is 14.2 Å². The first-order valence-electron chi connectivity index (χ1n) is 9.82. The van der Waals surface area contributed by atoms with Crippen LogP contribution >= 0.6 is 0 Å². The second-order valence-corrected chi connectivity index (χ2v) is 6.80. The Hall–Kier alpha value is -3.27. The molecule has 0 aliphatic carbocycles. The Morgan fingerprint density at radius 1 is 0.793 bits per heavy atom. The predicted molar refractivity (Wildman–Crippen MR) is 113 cm³/mol. The highest BCUT2D eigenvalue weighted by atomic mass is 16.5. The van der Waals surface area contributed by atoms with Gasteiger partial charge in [-0.3, -0.25) is 0 Å². The zero-order valence-electron chi connectivity index (χ0n) is 16.9. The van der Waals surface area contributed by atoms with E-state index in [9.17, 15) is 4.79 Å². The fraction of sp³-hybridized carbons (Fsp3) is 0.240. The Bertz CT molecular complexity index is 920. The molecule has 0 unspecified atom stereocenters. The molecule has 0 fully saturated rings. The van der Waals surface area contributed by atoms with Crippen molar-refractivity contribution in [2.45, 2.75) is 33.5 Å². The summed E-state index contributed by atoms with van der Waals surface area (Å²) in [6, 6.07) is 23.4. The molecule has 0 radical (unpaired) electrons. The molecule has 0 atom stereocenters. The van der Waals surface area contributed by atoms with Gasteiger partial charge in [0.2, 0.25) is 0 Å². The highest BCUT2D eigenvalue weighted by molar-refractivity contribution is 5.92. The molecule has 0 aromatic heterocycles. The third-order valence-electron chi connectivity index (χ3n) is 4.42. The van der Waals surface area contributed by atoms with Gasteiger partial charge in [0, 0.05) is 0 Å². The number of ether oxygens (including phenoxy) is 3. The fourth-order valence-electron chi connectivity index (χ4n) is 2.85. The Balaban J connectivity index is 1.83. The molecule has 150 valence electrons. The summed E-state index contributed by atoms with van der Waals surface area (Å²) in [7, 11) is 0. The van der Waals surface area contributed by atoms with E-state index < -0.39 is 0 Å². The van der Waals surface area contributed by atoms with Crippen LogP contribution < -0.4 is 9.47 Å². The smallest absolute Gasteiger partial charge is 0.338 e. The topological polar surface area (TPSA) is 44.8 Å². The van der Waals surface area contributed by atoms with Gasteiger partial charge in [-0.25, -0.2) is 4.79 Å². The van der Waals surface area contributed by atoms with Crippen molar-refractivity contribution in [2.75, 3.05) is 6.61 Å². The first-order chi connectivity index (χ1) is 14.2. The number of rotatable bonds is 9. The molecule has 4 nitrogen and oxygen atoms in total. The monoisotopic (exact) mass is 390 g/mol. The van der Waals surface area contributed by atoms with Gasteiger partial charge in [-0.15, -0.1) is 0 Å². The Labute approximate surface area is 172 Å². The van der Waals surface area contributed by atoms with Crippen molar-refractivity contribution in [3.05, 3.63) is 95.1 Å². The average molecular weight is 390 g/mol. The number of esters is 1. The number of carbonyl (C=O) groups excluding carboxylic acids is 1. The molecule has 0 saturated heterocycles. The van der Waals surface area contributed by atoms with Crippen LogP contribution in [-0.2, 0) is 18.0 Å². The molecule has 0 aliphatic rings. The lowest BCUT2D eigenvalue weighted by Crippen LogP contribution is -2.09. The van der Waals surface area contributed by atoms with E-state index in [2.05, 4.69) is 0 Å². The van der Waals surface area contributed by atoms with Crippen LogP contribution in [0.1, 0.15) is 40.4 Å². The highest BCUT2D eigenvalue weighted by Crippen LogP contribution is 2.32. The normalized spacial score (nSPS) is 10.4. The van der Waals surface area contributed by atoms with E-state index in [1.165, 1.54) is 0 Å². The van der Waals surface area contributed by atoms with Crippen molar-refractivity contribution in [3.63, 3.8) is 0 Å². The third-order valence-corrected chi connectivity index (χ3v) is 4.42. The quantitative estimate of drug-likeness (QED) is 0.438. The minimum Gasteiger partial charge on any atom is -0.485 e. The number of hydrogen-bond acceptors (Lipinski definition) is 4. The van der Waals surface area contributed by atoms with Crippen LogP contribution in [0.4, 0.5) is 0 Å². The van der Waals surface area contributed by atoms with Crippen LogP contribution in [-0.4, -0.2) is 12.6 Å². The summed E-state index contributed by atoms with van der Waals surface area (Å²) in [5, 5.41) is 0. The number of carbonyl (C=O) groups is 1. The summed E-state index contributed by atoms with van der Waals surface area (Å²) in [5.74, 6) is 0.789. The first kappa shape index (κ1) is 20.5. The first-order valence-corrected chi connectivity index (χ1v) is 9.82. The molecule has 3 rings (SSSR count). The Morgan fingerprint density at radius 3 is 1.83 bits per heavy atom. The molecule has 0 aliphatic heterocycles. The minimum atomic E-state index is -0.344. The standard InChI is InChI=1S/C25H26O4/c1-3-14-27-25(26)22-16-24(29-18-21-12-8-5-9-13-21)23(15-19(22)2)28-17-20-10-6-4-7-11-20/h4-13,15-16H,3,14,17-18H2,1-2H3. The van der Waals surface area contributed by atoms with Gasteiger partial charge in [0.1, 0.15) is 13.2 Å². The van der Waals surface area contributed by atoms with E-state index in [0.717, 1.165) is 23.1 Å². The van der Waals surface area contributed by atoms with Gasteiger partial charge in [0.05, 0.1) is 12.2 Å². The van der Waals surface area contributed by atoms with E-state index in [0.29, 0.717) is 36.9 Å². The fourth-order valence-corrected chi connectivity index (χ4v) is 2.85. The van der Waals surface area contributed by atoms with Crippen molar-refractivity contribution in [3.8, 4) is 11.5 Å². The third kappa shape index (κ3) is 5.85. The van der Waals surface area contributed by atoms with Crippen LogP contribution in [0.2, 0.25) is 0 Å². The Kier molecular flexibility index (Phi) is 7.28. The molecule has 3 aromatic carbocycles. The van der Waals surface area contributed by atoms with Crippen LogP contribution in [0.5, 0.6) is 11.5 Å². The minimum absolute atomic E-state index is 0.344. The lowest BCUT2D eigenvalue weighted by molar-refractivity contribution is 0.0503. The predicted octanol–water partition coefficient (Wildman–Crippen LogP) is 5.72. The number of hydrogen-bond donors (Lipinski definition) is 0. The average Bonchev–Trinajstić information content (AvgIpc) is 2.76. The van der Waals surface area contributed by atoms with Crippen LogP contribution in [0.25, 0.3) is 0 Å². The SMILES string of the molecule is CCCOC(=O)c1cc(OCc2ccccc2)c(OCc2ccccc2)cc1C. The molecule has 0 heterocycles. The summed E-state index contributed by atoms with van der Waals surface area (Å²) >= 11 is 0. The van der Waals surface area contributed by atoms with Crippen LogP contribution in [0.3, 0.4) is 0 Å². The van der Waals surface area contributed by atoms with E-state index in [1.807, 2.05) is 80.6 Å².